The first-order valence-electron chi connectivity index (χ1n) is 13.7. The van der Waals surface area contributed by atoms with Gasteiger partial charge in [-0.2, -0.15) is 0 Å². The summed E-state index contributed by atoms with van der Waals surface area (Å²) in [6.45, 7) is 0. The van der Waals surface area contributed by atoms with Gasteiger partial charge in [0, 0.05) is 22.2 Å². The lowest BCUT2D eigenvalue weighted by molar-refractivity contribution is -0.113. The van der Waals surface area contributed by atoms with E-state index < -0.39 is 0 Å². The fourth-order valence-corrected chi connectivity index (χ4v) is 5.91. The molecule has 6 heteroatoms. The number of rotatable bonds is 7. The summed E-state index contributed by atoms with van der Waals surface area (Å²) in [7, 11) is 0. The summed E-state index contributed by atoms with van der Waals surface area (Å²) < 4.78 is 0. The molecule has 0 unspecified atom stereocenters. The Balaban J connectivity index is 1.24. The molecule has 0 aliphatic carbocycles. The third-order valence-corrected chi connectivity index (χ3v) is 8.12. The van der Waals surface area contributed by atoms with E-state index >= 15 is 0 Å². The van der Waals surface area contributed by atoms with Crippen LogP contribution in [0, 0.1) is 0 Å². The van der Waals surface area contributed by atoms with Crippen LogP contribution in [-0.4, -0.2) is 26.6 Å². The van der Waals surface area contributed by atoms with Gasteiger partial charge in [-0.1, -0.05) is 121 Å². The molecule has 0 spiro atoms. The smallest absolute Gasteiger partial charge is 0.234 e. The van der Waals surface area contributed by atoms with Gasteiger partial charge in [-0.05, 0) is 35.0 Å². The van der Waals surface area contributed by atoms with Gasteiger partial charge in [0.05, 0.1) is 28.2 Å². The number of pyridine rings is 1. The first kappa shape index (κ1) is 25.7. The van der Waals surface area contributed by atoms with Crippen molar-refractivity contribution in [1.82, 2.24) is 15.0 Å². The Kier molecular flexibility index (Phi) is 6.96. The summed E-state index contributed by atoms with van der Waals surface area (Å²) in [6, 6.07) is 44.6. The van der Waals surface area contributed by atoms with E-state index in [1.165, 1.54) is 11.8 Å². The molecule has 0 saturated heterocycles. The van der Waals surface area contributed by atoms with Crippen LogP contribution in [0.2, 0.25) is 0 Å². The normalized spacial score (nSPS) is 11.1. The van der Waals surface area contributed by atoms with Gasteiger partial charge < -0.3 is 10.3 Å². The van der Waals surface area contributed by atoms with Gasteiger partial charge in [0.25, 0.3) is 0 Å². The average Bonchev–Trinajstić information content (AvgIpc) is 3.50. The van der Waals surface area contributed by atoms with Crippen LogP contribution >= 0.6 is 11.8 Å². The number of aromatic amines is 1. The van der Waals surface area contributed by atoms with Crippen LogP contribution < -0.4 is 5.32 Å². The lowest BCUT2D eigenvalue weighted by Gasteiger charge is -2.10. The molecule has 0 aliphatic heterocycles. The van der Waals surface area contributed by atoms with Gasteiger partial charge >= 0.3 is 0 Å². The summed E-state index contributed by atoms with van der Waals surface area (Å²) in [4.78, 5) is 26.8. The molecule has 202 valence electrons. The SMILES string of the molecule is O=C(CSc1nc2ccccc2cc1-c1nc(-c2ccccc2)c(-c2ccccc2)[nH]1)Nc1ccc2ccccc2c1. The molecule has 7 rings (SSSR count). The standard InChI is InChI=1S/C36H26N4OS/c41-32(37-29-20-19-24-11-7-8-16-27(24)21-29)23-42-36-30(22-28-17-9-10-18-31(28)38-36)35-39-33(25-12-3-1-4-13-25)34(40-35)26-14-5-2-6-15-26/h1-22H,23H2,(H,37,41)(H,39,40). The highest BCUT2D eigenvalue weighted by molar-refractivity contribution is 8.00. The van der Waals surface area contributed by atoms with Gasteiger partial charge in [-0.25, -0.2) is 9.97 Å². The van der Waals surface area contributed by atoms with Crippen molar-refractivity contribution in [2.45, 2.75) is 5.03 Å². The largest absolute Gasteiger partial charge is 0.337 e. The van der Waals surface area contributed by atoms with Gasteiger partial charge in [-0.3, -0.25) is 4.79 Å². The number of carbonyl (C=O) groups is 1. The third kappa shape index (κ3) is 5.28. The maximum absolute atomic E-state index is 13.1. The highest BCUT2D eigenvalue weighted by Gasteiger charge is 2.19. The van der Waals surface area contributed by atoms with Crippen LogP contribution in [0.25, 0.3) is 55.6 Å². The van der Waals surface area contributed by atoms with Gasteiger partial charge in [0.2, 0.25) is 5.91 Å². The van der Waals surface area contributed by atoms with Crippen molar-refractivity contribution in [2.24, 2.45) is 0 Å². The fourth-order valence-electron chi connectivity index (χ4n) is 5.10. The summed E-state index contributed by atoms with van der Waals surface area (Å²) in [5, 5.41) is 7.03. The number of nitrogens with one attached hydrogen (secondary N) is 2. The van der Waals surface area contributed by atoms with Crippen LogP contribution in [-0.2, 0) is 4.79 Å². The summed E-state index contributed by atoms with van der Waals surface area (Å²) in [5.74, 6) is 0.831. The van der Waals surface area contributed by atoms with Crippen molar-refractivity contribution in [3.63, 3.8) is 0 Å². The Morgan fingerprint density at radius 1 is 0.667 bits per heavy atom. The monoisotopic (exact) mass is 562 g/mol. The molecule has 7 aromatic rings. The van der Waals surface area contributed by atoms with Crippen molar-refractivity contribution >= 4 is 45.0 Å². The van der Waals surface area contributed by atoms with Crippen LogP contribution in [0.3, 0.4) is 0 Å². The maximum Gasteiger partial charge on any atom is 0.234 e. The Bertz CT molecular complexity index is 1980. The molecule has 5 aromatic carbocycles. The number of para-hydroxylation sites is 1. The molecule has 2 aromatic heterocycles. The predicted molar refractivity (Wildman–Crippen MR) is 173 cm³/mol. The molecule has 1 amide bonds. The number of H-pyrrole nitrogens is 1. The summed E-state index contributed by atoms with van der Waals surface area (Å²) in [6.07, 6.45) is 0. The minimum Gasteiger partial charge on any atom is -0.337 e. The second-order valence-electron chi connectivity index (χ2n) is 9.97. The second kappa shape index (κ2) is 11.4. The number of benzene rings is 5. The number of thioether (sulfide) groups is 1. The molecular formula is C36H26N4OS. The van der Waals surface area contributed by atoms with Crippen LogP contribution in [0.15, 0.2) is 138 Å². The molecule has 0 fully saturated rings. The summed E-state index contributed by atoms with van der Waals surface area (Å²) in [5.41, 5.74) is 6.39. The lowest BCUT2D eigenvalue weighted by Crippen LogP contribution is -2.14. The van der Waals surface area contributed by atoms with E-state index in [2.05, 4.69) is 46.7 Å². The minimum atomic E-state index is -0.0921. The molecule has 42 heavy (non-hydrogen) atoms. The molecule has 0 saturated carbocycles. The minimum absolute atomic E-state index is 0.0921. The maximum atomic E-state index is 13.1. The Labute approximate surface area is 247 Å². The molecular weight excluding hydrogens is 536 g/mol. The number of carbonyl (C=O) groups excluding carboxylic acids is 1. The van der Waals surface area contributed by atoms with E-state index in [0.29, 0.717) is 5.82 Å². The zero-order chi connectivity index (χ0) is 28.3. The number of anilines is 1. The molecule has 0 bridgehead atoms. The van der Waals surface area contributed by atoms with Crippen molar-refractivity contribution in [2.75, 3.05) is 11.1 Å². The first-order chi connectivity index (χ1) is 20.7. The predicted octanol–water partition coefficient (Wildman–Crippen LogP) is 8.84. The highest BCUT2D eigenvalue weighted by atomic mass is 32.2. The van der Waals surface area contributed by atoms with Gasteiger partial charge in [-0.15, -0.1) is 0 Å². The third-order valence-electron chi connectivity index (χ3n) is 7.13. The zero-order valence-corrected chi connectivity index (χ0v) is 23.4. The van der Waals surface area contributed by atoms with E-state index in [1.807, 2.05) is 97.1 Å². The van der Waals surface area contributed by atoms with Gasteiger partial charge in [0.15, 0.2) is 0 Å². The zero-order valence-electron chi connectivity index (χ0n) is 22.6. The van der Waals surface area contributed by atoms with E-state index in [1.54, 1.807) is 0 Å². The van der Waals surface area contributed by atoms with Crippen molar-refractivity contribution in [1.29, 1.82) is 0 Å². The van der Waals surface area contributed by atoms with Crippen molar-refractivity contribution in [3.8, 4) is 33.9 Å². The van der Waals surface area contributed by atoms with E-state index in [0.717, 1.165) is 60.5 Å². The number of imidazole rings is 1. The van der Waals surface area contributed by atoms with Crippen LogP contribution in [0.4, 0.5) is 5.69 Å². The Morgan fingerprint density at radius 3 is 2.12 bits per heavy atom. The highest BCUT2D eigenvalue weighted by Crippen LogP contribution is 2.37. The molecule has 0 atom stereocenters. The van der Waals surface area contributed by atoms with Crippen molar-refractivity contribution in [3.05, 3.63) is 133 Å². The number of aromatic nitrogens is 3. The van der Waals surface area contributed by atoms with E-state index in [4.69, 9.17) is 9.97 Å². The van der Waals surface area contributed by atoms with E-state index in [-0.39, 0.29) is 11.7 Å². The Morgan fingerprint density at radius 2 is 1.33 bits per heavy atom. The number of fused-ring (bicyclic) bond motifs is 2. The quantitative estimate of drug-likeness (QED) is 0.190. The molecule has 0 aliphatic rings. The van der Waals surface area contributed by atoms with Crippen molar-refractivity contribution < 1.29 is 4.79 Å². The molecule has 5 nitrogen and oxygen atoms in total. The van der Waals surface area contributed by atoms with Crippen LogP contribution in [0.1, 0.15) is 0 Å². The molecule has 2 N–H and O–H groups in total. The van der Waals surface area contributed by atoms with E-state index in [9.17, 15) is 4.79 Å². The fraction of sp³-hybridized carbons (Fsp3) is 0.0278. The van der Waals surface area contributed by atoms with Gasteiger partial charge in [0.1, 0.15) is 10.9 Å². The van der Waals surface area contributed by atoms with Crippen LogP contribution in [0.5, 0.6) is 0 Å². The number of amides is 1. The second-order valence-corrected chi connectivity index (χ2v) is 10.9. The number of hydrogen-bond acceptors (Lipinski definition) is 4. The summed E-state index contributed by atoms with van der Waals surface area (Å²) >= 11 is 1.41. The first-order valence-corrected chi connectivity index (χ1v) is 14.7. The molecule has 2 heterocycles. The molecule has 0 radical (unpaired) electrons. The topological polar surface area (TPSA) is 70.7 Å². The number of hydrogen-bond donors (Lipinski definition) is 2. The lowest BCUT2D eigenvalue weighted by atomic mass is 10.1. The Hall–Kier alpha value is -5.20. The average molecular weight is 563 g/mol. The number of nitrogens with zero attached hydrogens (tertiary/aromatic N) is 2.